The number of carbonyl (C=O) groups is 6. The lowest BCUT2D eigenvalue weighted by Crippen LogP contribution is -2.58. The van der Waals surface area contributed by atoms with Gasteiger partial charge < -0.3 is 41.7 Å². The second-order valence-corrected chi connectivity index (χ2v) is 21.1. The van der Waals surface area contributed by atoms with E-state index in [1.54, 1.807) is 37.7 Å². The van der Waals surface area contributed by atoms with Crippen molar-refractivity contribution in [2.24, 2.45) is 0 Å². The highest BCUT2D eigenvalue weighted by Crippen LogP contribution is 2.37. The summed E-state index contributed by atoms with van der Waals surface area (Å²) in [4.78, 5) is 86.5. The maximum atomic E-state index is 14.4. The first kappa shape index (κ1) is 52.3. The van der Waals surface area contributed by atoms with Crippen LogP contribution in [0.4, 0.5) is 0 Å². The predicted molar refractivity (Wildman–Crippen MR) is 275 cm³/mol. The molecule has 74 heavy (non-hydrogen) atoms. The van der Waals surface area contributed by atoms with E-state index in [-0.39, 0.29) is 59.6 Å². The molecule has 20 heteroatoms. The number of hydrogen-bond acceptors (Lipinski definition) is 12. The molecule has 20 nitrogen and oxygen atoms in total. The van der Waals surface area contributed by atoms with Crippen molar-refractivity contribution < 1.29 is 28.8 Å². The Hall–Kier alpha value is -6.54. The van der Waals surface area contributed by atoms with Crippen LogP contribution in [-0.2, 0) is 28.8 Å². The zero-order chi connectivity index (χ0) is 51.9. The molecule has 6 N–H and O–H groups in total. The van der Waals surface area contributed by atoms with Crippen LogP contribution in [0.25, 0.3) is 0 Å². The van der Waals surface area contributed by atoms with Crippen molar-refractivity contribution in [3.63, 3.8) is 0 Å². The van der Waals surface area contributed by atoms with Crippen LogP contribution in [0.5, 0.6) is 0 Å². The fraction of sp³-hybridized carbons (Fsp3) is 0.593. The van der Waals surface area contributed by atoms with Gasteiger partial charge >= 0.3 is 0 Å². The Morgan fingerprint density at radius 2 is 0.865 bits per heavy atom. The van der Waals surface area contributed by atoms with E-state index >= 15 is 0 Å². The predicted octanol–water partition coefficient (Wildman–Crippen LogP) is 3.69. The third-order valence-electron chi connectivity index (χ3n) is 16.5. The summed E-state index contributed by atoms with van der Waals surface area (Å²) in [5.41, 5.74) is 2.87. The van der Waals surface area contributed by atoms with E-state index in [9.17, 15) is 28.8 Å². The Labute approximate surface area is 433 Å². The normalized spacial score (nSPS) is 27.0. The van der Waals surface area contributed by atoms with Crippen LogP contribution in [0, 0.1) is 0 Å². The molecule has 5 aliphatic rings. The molecule has 2 aromatic carbocycles. The summed E-state index contributed by atoms with van der Waals surface area (Å²) in [5.74, 6) is -1.41. The van der Waals surface area contributed by atoms with Gasteiger partial charge in [-0.05, 0) is 116 Å². The summed E-state index contributed by atoms with van der Waals surface area (Å²) in [6.07, 6.45) is 15.7. The average Bonchev–Trinajstić information content (AvgIpc) is 4.27. The van der Waals surface area contributed by atoms with Gasteiger partial charge in [-0.3, -0.25) is 28.8 Å². The van der Waals surface area contributed by atoms with Gasteiger partial charge in [-0.1, -0.05) is 96.8 Å². The van der Waals surface area contributed by atoms with Gasteiger partial charge in [0.05, 0.1) is 48.6 Å². The molecule has 10 atom stereocenters. The van der Waals surface area contributed by atoms with E-state index in [0.29, 0.717) is 37.1 Å². The summed E-state index contributed by atoms with van der Waals surface area (Å²) < 4.78 is 3.80. The number of benzene rings is 2. The van der Waals surface area contributed by atoms with Gasteiger partial charge in [-0.2, -0.15) is 0 Å². The molecule has 0 bridgehead atoms. The van der Waals surface area contributed by atoms with Crippen molar-refractivity contribution in [3.8, 4) is 0 Å². The molecule has 1 aliphatic carbocycles. The van der Waals surface area contributed by atoms with Crippen LogP contribution in [0.15, 0.2) is 73.1 Å². The minimum Gasteiger partial charge on any atom is -0.343 e. The molecule has 396 valence electrons. The van der Waals surface area contributed by atoms with E-state index < -0.39 is 48.3 Å². The zero-order valence-electron chi connectivity index (χ0n) is 43.2. The second-order valence-electron chi connectivity index (χ2n) is 21.1. The fourth-order valence-corrected chi connectivity index (χ4v) is 11.9. The highest BCUT2D eigenvalue weighted by Gasteiger charge is 2.46. The van der Waals surface area contributed by atoms with E-state index in [1.807, 2.05) is 82.4 Å². The van der Waals surface area contributed by atoms with Gasteiger partial charge in [-0.15, -0.1) is 10.2 Å². The SMILES string of the molecule is CN[C@@H](C)C(=O)N[C@H]1CCCCC2CC[C@@H](C(=O)NC(c3ccccc3)c3cn(C4CCC(n5cc(C(NC(=O)[C@@H]6CC[C@@H]7CCCC[C@H](NC(=O)[C@H](C)NC)C(=O)N76)c6ccccc6)nn5)CC4)nn3)N2C1=O. The summed E-state index contributed by atoms with van der Waals surface area (Å²) in [6, 6.07) is 14.4. The molecule has 2 aromatic heterocycles. The molecule has 4 aromatic rings. The number of nitrogens with one attached hydrogen (secondary N) is 6. The van der Waals surface area contributed by atoms with Gasteiger partial charge in [-0.25, -0.2) is 9.36 Å². The maximum absolute atomic E-state index is 14.4. The number of carbonyl (C=O) groups excluding carboxylic acids is 6. The second kappa shape index (κ2) is 23.8. The van der Waals surface area contributed by atoms with Gasteiger partial charge in [0.2, 0.25) is 35.4 Å². The Morgan fingerprint density at radius 1 is 0.500 bits per heavy atom. The molecule has 6 amide bonds. The summed E-state index contributed by atoms with van der Waals surface area (Å²) in [6.45, 7) is 3.51. The van der Waals surface area contributed by atoms with Gasteiger partial charge in [0.25, 0.3) is 0 Å². The highest BCUT2D eigenvalue weighted by atomic mass is 16.2. The first-order chi connectivity index (χ1) is 35.9. The number of amides is 6. The monoisotopic (exact) mass is 1010 g/mol. The third-order valence-corrected chi connectivity index (χ3v) is 16.5. The van der Waals surface area contributed by atoms with Crippen LogP contribution >= 0.6 is 0 Å². The van der Waals surface area contributed by atoms with Crippen molar-refractivity contribution in [2.45, 2.75) is 189 Å². The molecule has 4 saturated heterocycles. The molecule has 5 fully saturated rings. The Kier molecular flexibility index (Phi) is 16.8. The molecule has 1 saturated carbocycles. The van der Waals surface area contributed by atoms with Crippen LogP contribution in [-0.4, -0.2) is 138 Å². The topological polar surface area (TPSA) is 242 Å². The smallest absolute Gasteiger partial charge is 0.246 e. The molecule has 4 aliphatic heterocycles. The molecule has 0 radical (unpaired) electrons. The average molecular weight is 1020 g/mol. The number of hydrogen-bond donors (Lipinski definition) is 6. The van der Waals surface area contributed by atoms with E-state index in [2.05, 4.69) is 52.5 Å². The van der Waals surface area contributed by atoms with Gasteiger partial charge in [0.15, 0.2) is 0 Å². The van der Waals surface area contributed by atoms with Crippen molar-refractivity contribution in [1.82, 2.24) is 71.7 Å². The Bertz CT molecular complexity index is 2410. The Balaban J connectivity index is 0.858. The largest absolute Gasteiger partial charge is 0.343 e. The zero-order valence-corrected chi connectivity index (χ0v) is 43.2. The lowest BCUT2D eigenvalue weighted by Gasteiger charge is -2.36. The minimum atomic E-state index is -0.696. The molecular weight excluding hydrogens is 941 g/mol. The van der Waals surface area contributed by atoms with Crippen molar-refractivity contribution in [3.05, 3.63) is 95.6 Å². The molecule has 3 unspecified atom stereocenters. The number of nitrogens with zero attached hydrogens (tertiary/aromatic N) is 8. The van der Waals surface area contributed by atoms with Crippen LogP contribution in [0.3, 0.4) is 0 Å². The standard InChI is InChI=1S/C54H74N14O6/c1-33(55-3)49(69)57-41-21-13-11-19-39-27-29-45(67(39)53(41)73)51(71)59-47(35-15-7-5-8-16-35)43-31-65(63-61-43)37-23-25-38(26-24-37)66-32-44(62-64-66)48(36-17-9-6-10-18-36)60-52(72)46-30-28-40-20-12-14-22-42(54(74)68(40)46)58-50(70)34(2)56-4/h5-10,15-18,31-34,37-42,45-48,55-56H,11-14,19-30H2,1-4H3,(H,57,69)(H,58,70)(H,59,71)(H,60,72)/t33-,34-,37?,38?,39-,40?,41-,42-,45-,46-,47?,48?/m0/s1. The lowest BCUT2D eigenvalue weighted by atomic mass is 9.91. The molecular formula is C54H74N14O6. The van der Waals surface area contributed by atoms with Gasteiger partial charge in [0, 0.05) is 12.1 Å². The van der Waals surface area contributed by atoms with E-state index in [4.69, 9.17) is 0 Å². The van der Waals surface area contributed by atoms with Crippen LogP contribution in [0.1, 0.15) is 163 Å². The van der Waals surface area contributed by atoms with Crippen molar-refractivity contribution in [1.29, 1.82) is 0 Å². The van der Waals surface area contributed by atoms with Gasteiger partial charge in [0.1, 0.15) is 35.6 Å². The first-order valence-corrected chi connectivity index (χ1v) is 27.1. The fourth-order valence-electron chi connectivity index (χ4n) is 11.9. The van der Waals surface area contributed by atoms with Crippen molar-refractivity contribution in [2.75, 3.05) is 14.1 Å². The number of aromatic nitrogens is 6. The van der Waals surface area contributed by atoms with Crippen molar-refractivity contribution >= 4 is 35.4 Å². The number of rotatable bonds is 16. The third kappa shape index (κ3) is 11.5. The Morgan fingerprint density at radius 3 is 1.24 bits per heavy atom. The molecule has 6 heterocycles. The minimum absolute atomic E-state index is 0.0480. The molecule has 0 spiro atoms. The van der Waals surface area contributed by atoms with E-state index in [0.717, 1.165) is 88.2 Å². The first-order valence-electron chi connectivity index (χ1n) is 27.1. The number of likely N-dealkylation sites (N-methyl/N-ethyl adjacent to an activating group) is 2. The van der Waals surface area contributed by atoms with Crippen LogP contribution in [0.2, 0.25) is 0 Å². The maximum Gasteiger partial charge on any atom is 0.246 e. The summed E-state index contributed by atoms with van der Waals surface area (Å²) in [5, 5.41) is 36.9. The molecule has 9 rings (SSSR count). The number of fused-ring (bicyclic) bond motifs is 2. The quantitative estimate of drug-likeness (QED) is 0.0942. The van der Waals surface area contributed by atoms with Crippen LogP contribution < -0.4 is 31.9 Å². The van der Waals surface area contributed by atoms with E-state index in [1.165, 1.54) is 0 Å². The summed E-state index contributed by atoms with van der Waals surface area (Å²) in [7, 11) is 3.41. The highest BCUT2D eigenvalue weighted by molar-refractivity contribution is 5.95. The summed E-state index contributed by atoms with van der Waals surface area (Å²) >= 11 is 0. The lowest BCUT2D eigenvalue weighted by molar-refractivity contribution is -0.144.